The molecule has 0 radical (unpaired) electrons. The summed E-state index contributed by atoms with van der Waals surface area (Å²) in [5.74, 6) is -0.468. The van der Waals surface area contributed by atoms with E-state index in [0.717, 1.165) is 38.0 Å². The molecule has 0 saturated carbocycles. The molecule has 1 fully saturated rings. The van der Waals surface area contributed by atoms with Gasteiger partial charge in [-0.25, -0.2) is 0 Å². The van der Waals surface area contributed by atoms with E-state index in [1.807, 2.05) is 41.7 Å². The molecule has 2 heterocycles. The first-order valence-corrected chi connectivity index (χ1v) is 9.96. The summed E-state index contributed by atoms with van der Waals surface area (Å²) in [6, 6.07) is 13.9. The van der Waals surface area contributed by atoms with Gasteiger partial charge < -0.3 is 15.5 Å². The first kappa shape index (κ1) is 18.6. The minimum absolute atomic E-state index is 0.364. The Balaban J connectivity index is 1.31. The number of hydrogen-bond donors (Lipinski definition) is 2. The van der Waals surface area contributed by atoms with E-state index in [4.69, 9.17) is 0 Å². The molecule has 1 aromatic carbocycles. The Morgan fingerprint density at radius 2 is 1.73 bits per heavy atom. The summed E-state index contributed by atoms with van der Waals surface area (Å²) < 4.78 is 0. The number of rotatable bonds is 6. The van der Waals surface area contributed by atoms with Crippen LogP contribution >= 0.6 is 11.3 Å². The van der Waals surface area contributed by atoms with Gasteiger partial charge >= 0.3 is 11.8 Å². The van der Waals surface area contributed by atoms with Crippen LogP contribution in [0.4, 0.5) is 0 Å². The van der Waals surface area contributed by atoms with Crippen LogP contribution < -0.4 is 10.6 Å². The van der Waals surface area contributed by atoms with E-state index >= 15 is 0 Å². The largest absolute Gasteiger partial charge is 0.347 e. The monoisotopic (exact) mass is 371 g/mol. The van der Waals surface area contributed by atoms with Crippen LogP contribution in [0.15, 0.2) is 47.8 Å². The Labute approximate surface area is 158 Å². The normalized spacial score (nSPS) is 15.5. The smallest absolute Gasteiger partial charge is 0.309 e. The second-order valence-electron chi connectivity index (χ2n) is 6.56. The minimum atomic E-state index is -0.578. The highest BCUT2D eigenvalue weighted by Gasteiger charge is 2.21. The molecule has 0 atom stereocenters. The lowest BCUT2D eigenvalue weighted by atomic mass is 9.95. The van der Waals surface area contributed by atoms with Crippen molar-refractivity contribution >= 4 is 23.2 Å². The van der Waals surface area contributed by atoms with Crippen LogP contribution in [0.25, 0.3) is 0 Å². The first-order chi connectivity index (χ1) is 12.7. The van der Waals surface area contributed by atoms with Crippen molar-refractivity contribution in [3.05, 3.63) is 58.3 Å². The maximum absolute atomic E-state index is 11.9. The second kappa shape index (κ2) is 9.50. The average Bonchev–Trinajstić information content (AvgIpc) is 3.22. The Hall–Kier alpha value is -2.18. The number of thiophene rings is 1. The lowest BCUT2D eigenvalue weighted by Gasteiger charge is -2.31. The summed E-state index contributed by atoms with van der Waals surface area (Å²) in [6.45, 7) is 3.73. The highest BCUT2D eigenvalue weighted by Crippen LogP contribution is 2.30. The number of carbonyl (C=O) groups is 2. The van der Waals surface area contributed by atoms with E-state index in [-0.39, 0.29) is 0 Å². The third kappa shape index (κ3) is 5.41. The maximum Gasteiger partial charge on any atom is 0.309 e. The molecule has 2 amide bonds. The van der Waals surface area contributed by atoms with Gasteiger partial charge in [-0.1, -0.05) is 36.4 Å². The Kier molecular flexibility index (Phi) is 6.80. The lowest BCUT2D eigenvalue weighted by molar-refractivity contribution is -0.139. The van der Waals surface area contributed by atoms with Crippen LogP contribution in [0.3, 0.4) is 0 Å². The topological polar surface area (TPSA) is 61.4 Å². The van der Waals surface area contributed by atoms with Crippen molar-refractivity contribution in [2.45, 2.75) is 25.3 Å². The standard InChI is InChI=1S/C20H25N3O2S/c24-19(20(25)22-15-16-5-2-1-3-6-16)21-10-13-23-11-8-17(9-12-23)18-7-4-14-26-18/h1-7,14,17H,8-13,15H2,(H,21,24)(H,22,25). The molecule has 1 aromatic heterocycles. The fourth-order valence-electron chi connectivity index (χ4n) is 3.23. The van der Waals surface area contributed by atoms with Gasteiger partial charge in [-0.3, -0.25) is 9.59 Å². The van der Waals surface area contributed by atoms with E-state index in [1.54, 1.807) is 0 Å². The Morgan fingerprint density at radius 1 is 1.00 bits per heavy atom. The minimum Gasteiger partial charge on any atom is -0.347 e. The summed E-state index contributed by atoms with van der Waals surface area (Å²) in [5.41, 5.74) is 0.974. The predicted octanol–water partition coefficient (Wildman–Crippen LogP) is 2.36. The van der Waals surface area contributed by atoms with Crippen molar-refractivity contribution in [3.8, 4) is 0 Å². The molecule has 0 bridgehead atoms. The number of hydrogen-bond acceptors (Lipinski definition) is 4. The van der Waals surface area contributed by atoms with Gasteiger partial charge in [0.1, 0.15) is 0 Å². The third-order valence-corrected chi connectivity index (χ3v) is 5.78. The second-order valence-corrected chi connectivity index (χ2v) is 7.53. The van der Waals surface area contributed by atoms with Gasteiger partial charge in [0.15, 0.2) is 0 Å². The third-order valence-electron chi connectivity index (χ3n) is 4.75. The number of carbonyl (C=O) groups excluding carboxylic acids is 2. The molecule has 1 aliphatic heterocycles. The number of nitrogens with zero attached hydrogens (tertiary/aromatic N) is 1. The van der Waals surface area contributed by atoms with Gasteiger partial charge in [0.05, 0.1) is 0 Å². The predicted molar refractivity (Wildman–Crippen MR) is 104 cm³/mol. The van der Waals surface area contributed by atoms with Gasteiger partial charge in [-0.2, -0.15) is 0 Å². The molecule has 6 heteroatoms. The molecule has 0 spiro atoms. The number of piperidine rings is 1. The van der Waals surface area contributed by atoms with Crippen molar-refractivity contribution in [2.75, 3.05) is 26.2 Å². The van der Waals surface area contributed by atoms with E-state index in [0.29, 0.717) is 19.0 Å². The van der Waals surface area contributed by atoms with E-state index < -0.39 is 11.8 Å². The Bertz CT molecular complexity index is 695. The van der Waals surface area contributed by atoms with Crippen molar-refractivity contribution in [1.82, 2.24) is 15.5 Å². The summed E-state index contributed by atoms with van der Waals surface area (Å²) >= 11 is 1.84. The number of nitrogens with one attached hydrogen (secondary N) is 2. The van der Waals surface area contributed by atoms with Crippen LogP contribution in [0, 0.1) is 0 Å². The number of benzene rings is 1. The molecule has 2 aromatic rings. The van der Waals surface area contributed by atoms with Gasteiger partial charge in [-0.15, -0.1) is 11.3 Å². The van der Waals surface area contributed by atoms with E-state index in [1.165, 1.54) is 4.88 Å². The summed E-state index contributed by atoms with van der Waals surface area (Å²) in [4.78, 5) is 27.5. The van der Waals surface area contributed by atoms with Crippen LogP contribution in [-0.4, -0.2) is 42.9 Å². The molecule has 1 aliphatic rings. The molecule has 26 heavy (non-hydrogen) atoms. The number of amides is 2. The lowest BCUT2D eigenvalue weighted by Crippen LogP contribution is -2.44. The zero-order valence-corrected chi connectivity index (χ0v) is 15.6. The van der Waals surface area contributed by atoms with Crippen LogP contribution in [-0.2, 0) is 16.1 Å². The van der Waals surface area contributed by atoms with Gasteiger partial charge in [0.25, 0.3) is 0 Å². The van der Waals surface area contributed by atoms with Crippen LogP contribution in [0.1, 0.15) is 29.2 Å². The molecule has 0 aliphatic carbocycles. The maximum atomic E-state index is 11.9. The molecule has 1 saturated heterocycles. The van der Waals surface area contributed by atoms with Crippen LogP contribution in [0.5, 0.6) is 0 Å². The van der Waals surface area contributed by atoms with Crippen molar-refractivity contribution in [1.29, 1.82) is 0 Å². The van der Waals surface area contributed by atoms with Gasteiger partial charge in [0.2, 0.25) is 0 Å². The molecule has 0 unspecified atom stereocenters. The van der Waals surface area contributed by atoms with E-state index in [9.17, 15) is 9.59 Å². The highest BCUT2D eigenvalue weighted by atomic mass is 32.1. The molecule has 138 valence electrons. The average molecular weight is 372 g/mol. The van der Waals surface area contributed by atoms with Gasteiger partial charge in [-0.05, 0) is 48.9 Å². The number of likely N-dealkylation sites (tertiary alicyclic amines) is 1. The zero-order valence-electron chi connectivity index (χ0n) is 14.8. The SMILES string of the molecule is O=C(NCCN1CCC(c2cccs2)CC1)C(=O)NCc1ccccc1. The van der Waals surface area contributed by atoms with Crippen molar-refractivity contribution < 1.29 is 9.59 Å². The van der Waals surface area contributed by atoms with Crippen molar-refractivity contribution in [3.63, 3.8) is 0 Å². The molecule has 2 N–H and O–H groups in total. The zero-order chi connectivity index (χ0) is 18.2. The summed E-state index contributed by atoms with van der Waals surface area (Å²) in [5, 5.41) is 7.50. The molecular weight excluding hydrogens is 346 g/mol. The van der Waals surface area contributed by atoms with E-state index in [2.05, 4.69) is 33.0 Å². The molecule has 5 nitrogen and oxygen atoms in total. The quantitative estimate of drug-likeness (QED) is 0.767. The fraction of sp³-hybridized carbons (Fsp3) is 0.400. The summed E-state index contributed by atoms with van der Waals surface area (Å²) in [7, 11) is 0. The van der Waals surface area contributed by atoms with Gasteiger partial charge in [0, 0.05) is 24.5 Å². The summed E-state index contributed by atoms with van der Waals surface area (Å²) in [6.07, 6.45) is 2.32. The molecular formula is C20H25N3O2S. The fourth-order valence-corrected chi connectivity index (χ4v) is 4.13. The first-order valence-electron chi connectivity index (χ1n) is 9.08. The van der Waals surface area contributed by atoms with Crippen LogP contribution in [0.2, 0.25) is 0 Å². The Morgan fingerprint density at radius 3 is 2.42 bits per heavy atom. The molecule has 3 rings (SSSR count). The highest BCUT2D eigenvalue weighted by molar-refractivity contribution is 7.10. The van der Waals surface area contributed by atoms with Crippen molar-refractivity contribution in [2.24, 2.45) is 0 Å².